The first-order valence-electron chi connectivity index (χ1n) is 8.14. The van der Waals surface area contributed by atoms with Gasteiger partial charge in [0.1, 0.15) is 11.4 Å². The number of rotatable bonds is 4. The molecule has 2 heterocycles. The molecule has 0 amide bonds. The topological polar surface area (TPSA) is 86.9 Å². The second-order valence-electron chi connectivity index (χ2n) is 6.03. The smallest absolute Gasteiger partial charge is 0.336 e. The largest absolute Gasteiger partial charge is 0.423 e. The van der Waals surface area contributed by atoms with E-state index in [1.807, 2.05) is 25.1 Å². The van der Waals surface area contributed by atoms with Gasteiger partial charge in [-0.1, -0.05) is 36.0 Å². The summed E-state index contributed by atoms with van der Waals surface area (Å²) in [6, 6.07) is 13.4. The monoisotopic (exact) mass is 382 g/mol. The number of nitrogen functional groups attached to an aromatic ring is 1. The van der Waals surface area contributed by atoms with E-state index in [4.69, 9.17) is 10.3 Å². The number of aryl methyl sites for hydroxylation is 1. The number of benzene rings is 2. The third kappa shape index (κ3) is 3.31. The van der Waals surface area contributed by atoms with Crippen molar-refractivity contribution < 1.29 is 8.81 Å². The Kier molecular flexibility index (Phi) is 4.41. The van der Waals surface area contributed by atoms with Crippen LogP contribution in [-0.2, 0) is 5.75 Å². The van der Waals surface area contributed by atoms with Crippen molar-refractivity contribution in [2.24, 2.45) is 0 Å². The Morgan fingerprint density at radius 3 is 2.81 bits per heavy atom. The Hall–Kier alpha value is -3.13. The predicted molar refractivity (Wildman–Crippen MR) is 102 cm³/mol. The fourth-order valence-electron chi connectivity index (χ4n) is 2.80. The van der Waals surface area contributed by atoms with Gasteiger partial charge in [0, 0.05) is 17.2 Å². The van der Waals surface area contributed by atoms with Gasteiger partial charge in [-0.3, -0.25) is 0 Å². The molecule has 0 bridgehead atoms. The van der Waals surface area contributed by atoms with Crippen LogP contribution in [0.1, 0.15) is 11.1 Å². The summed E-state index contributed by atoms with van der Waals surface area (Å²) in [5, 5.41) is 9.32. The van der Waals surface area contributed by atoms with Crippen LogP contribution in [0.25, 0.3) is 22.4 Å². The zero-order valence-corrected chi connectivity index (χ0v) is 15.2. The van der Waals surface area contributed by atoms with E-state index in [1.165, 1.54) is 28.6 Å². The Morgan fingerprint density at radius 2 is 2.00 bits per heavy atom. The van der Waals surface area contributed by atoms with Gasteiger partial charge >= 0.3 is 5.63 Å². The summed E-state index contributed by atoms with van der Waals surface area (Å²) in [7, 11) is 0. The first-order chi connectivity index (χ1) is 13.0. The van der Waals surface area contributed by atoms with E-state index >= 15 is 0 Å². The number of nitrogens with two attached hydrogens (primary N) is 1. The highest BCUT2D eigenvalue weighted by Crippen LogP contribution is 2.28. The predicted octanol–water partition coefficient (Wildman–Crippen LogP) is 3.51. The van der Waals surface area contributed by atoms with Gasteiger partial charge in [0.15, 0.2) is 5.82 Å². The molecule has 6 nitrogen and oxygen atoms in total. The lowest BCUT2D eigenvalue weighted by atomic mass is 10.1. The van der Waals surface area contributed by atoms with Crippen molar-refractivity contribution in [3.8, 4) is 11.4 Å². The van der Waals surface area contributed by atoms with E-state index in [0.717, 1.165) is 16.5 Å². The second-order valence-corrected chi connectivity index (χ2v) is 6.98. The van der Waals surface area contributed by atoms with Crippen LogP contribution in [0.5, 0.6) is 0 Å². The zero-order chi connectivity index (χ0) is 19.0. The van der Waals surface area contributed by atoms with E-state index in [2.05, 4.69) is 10.2 Å². The van der Waals surface area contributed by atoms with Gasteiger partial charge in [0.2, 0.25) is 5.16 Å². The molecule has 0 unspecified atom stereocenters. The summed E-state index contributed by atoms with van der Waals surface area (Å²) in [5.74, 6) is 6.32. The summed E-state index contributed by atoms with van der Waals surface area (Å²) < 4.78 is 20.5. The highest BCUT2D eigenvalue weighted by atomic mass is 32.2. The number of hydrogen-bond acceptors (Lipinski definition) is 6. The number of halogens is 1. The highest BCUT2D eigenvalue weighted by Gasteiger charge is 2.16. The van der Waals surface area contributed by atoms with Gasteiger partial charge in [0.25, 0.3) is 0 Å². The maximum atomic E-state index is 14.0. The quantitative estimate of drug-likeness (QED) is 0.330. The molecule has 0 aliphatic heterocycles. The van der Waals surface area contributed by atoms with E-state index in [0.29, 0.717) is 16.5 Å². The minimum absolute atomic E-state index is 0.239. The minimum Gasteiger partial charge on any atom is -0.423 e. The van der Waals surface area contributed by atoms with Gasteiger partial charge in [-0.2, -0.15) is 0 Å². The molecule has 4 aromatic rings. The zero-order valence-electron chi connectivity index (χ0n) is 14.3. The molecule has 4 rings (SSSR count). The molecule has 0 saturated heterocycles. The Bertz CT molecular complexity index is 1200. The molecule has 2 aromatic carbocycles. The van der Waals surface area contributed by atoms with Gasteiger partial charge in [-0.15, -0.1) is 10.2 Å². The molecule has 0 aliphatic rings. The second kappa shape index (κ2) is 6.88. The summed E-state index contributed by atoms with van der Waals surface area (Å²) in [6.07, 6.45) is 0. The minimum atomic E-state index is -0.421. The van der Waals surface area contributed by atoms with E-state index < -0.39 is 11.4 Å². The fourth-order valence-corrected chi connectivity index (χ4v) is 3.65. The van der Waals surface area contributed by atoms with Gasteiger partial charge in [0.05, 0.1) is 5.56 Å². The molecule has 2 N–H and O–H groups in total. The summed E-state index contributed by atoms with van der Waals surface area (Å²) in [5.41, 5.74) is 2.22. The van der Waals surface area contributed by atoms with Crippen LogP contribution in [0.2, 0.25) is 0 Å². The van der Waals surface area contributed by atoms with Crippen LogP contribution >= 0.6 is 11.8 Å². The molecular weight excluding hydrogens is 367 g/mol. The van der Waals surface area contributed by atoms with Crippen molar-refractivity contribution in [1.29, 1.82) is 0 Å². The van der Waals surface area contributed by atoms with Crippen LogP contribution < -0.4 is 11.5 Å². The molecular formula is C19H15FN4O2S. The lowest BCUT2D eigenvalue weighted by Gasteiger charge is -2.07. The molecule has 27 heavy (non-hydrogen) atoms. The van der Waals surface area contributed by atoms with Gasteiger partial charge in [-0.25, -0.2) is 13.9 Å². The third-order valence-corrected chi connectivity index (χ3v) is 5.11. The Balaban J connectivity index is 1.65. The van der Waals surface area contributed by atoms with E-state index in [1.54, 1.807) is 18.2 Å². The van der Waals surface area contributed by atoms with Gasteiger partial charge in [-0.05, 0) is 36.2 Å². The number of aromatic nitrogens is 3. The third-order valence-electron chi connectivity index (χ3n) is 4.12. The molecule has 0 aliphatic carbocycles. The lowest BCUT2D eigenvalue weighted by molar-refractivity contribution is 0.559. The highest BCUT2D eigenvalue weighted by molar-refractivity contribution is 7.98. The Morgan fingerprint density at radius 1 is 1.19 bits per heavy atom. The maximum Gasteiger partial charge on any atom is 0.336 e. The molecule has 0 saturated carbocycles. The molecule has 0 atom stereocenters. The molecule has 2 aromatic heterocycles. The fraction of sp³-hybridized carbons (Fsp3) is 0.105. The Labute approximate surface area is 157 Å². The number of nitrogens with zero attached hydrogens (tertiary/aromatic N) is 3. The van der Waals surface area contributed by atoms with Crippen molar-refractivity contribution in [3.63, 3.8) is 0 Å². The molecule has 0 radical (unpaired) electrons. The summed E-state index contributed by atoms with van der Waals surface area (Å²) in [4.78, 5) is 11.8. The van der Waals surface area contributed by atoms with Crippen molar-refractivity contribution in [2.45, 2.75) is 17.8 Å². The van der Waals surface area contributed by atoms with E-state index in [-0.39, 0.29) is 11.4 Å². The van der Waals surface area contributed by atoms with Crippen LogP contribution in [0.4, 0.5) is 4.39 Å². The average molecular weight is 382 g/mol. The molecule has 136 valence electrons. The van der Waals surface area contributed by atoms with Gasteiger partial charge < -0.3 is 10.3 Å². The maximum absolute atomic E-state index is 14.0. The first-order valence-corrected chi connectivity index (χ1v) is 9.13. The number of hydrogen-bond donors (Lipinski definition) is 1. The van der Waals surface area contributed by atoms with Crippen LogP contribution in [0, 0.1) is 12.7 Å². The van der Waals surface area contributed by atoms with Crippen LogP contribution in [-0.4, -0.2) is 14.9 Å². The van der Waals surface area contributed by atoms with E-state index in [9.17, 15) is 9.18 Å². The standard InChI is InChI=1S/C19H15FN4O2S/c1-11-6-7-13-12(9-17(25)26-16(13)8-11)10-27-19-23-22-18(24(19)21)14-4-2-3-5-15(14)20/h2-9H,10,21H2,1H3. The SMILES string of the molecule is Cc1ccc2c(CSc3nnc(-c4ccccc4F)n3N)cc(=O)oc2c1. The molecule has 8 heteroatoms. The summed E-state index contributed by atoms with van der Waals surface area (Å²) in [6.45, 7) is 1.93. The average Bonchev–Trinajstić information content (AvgIpc) is 3.00. The first kappa shape index (κ1) is 17.3. The number of thioether (sulfide) groups is 1. The van der Waals surface area contributed by atoms with Crippen molar-refractivity contribution in [2.75, 3.05) is 5.84 Å². The van der Waals surface area contributed by atoms with Crippen molar-refractivity contribution in [3.05, 3.63) is 75.9 Å². The van der Waals surface area contributed by atoms with Crippen molar-refractivity contribution >= 4 is 22.7 Å². The van der Waals surface area contributed by atoms with Crippen LogP contribution in [0.3, 0.4) is 0 Å². The summed E-state index contributed by atoms with van der Waals surface area (Å²) >= 11 is 1.31. The molecule has 0 spiro atoms. The lowest BCUT2D eigenvalue weighted by Crippen LogP contribution is -2.12. The van der Waals surface area contributed by atoms with Crippen LogP contribution in [0.15, 0.2) is 62.9 Å². The molecule has 0 fully saturated rings. The number of fused-ring (bicyclic) bond motifs is 1. The van der Waals surface area contributed by atoms with Crippen molar-refractivity contribution in [1.82, 2.24) is 14.9 Å². The normalized spacial score (nSPS) is 11.2.